The summed E-state index contributed by atoms with van der Waals surface area (Å²) in [5.74, 6) is -0.788. The number of aliphatic imine (C=N–C) groups is 4. The van der Waals surface area contributed by atoms with E-state index in [1.54, 1.807) is 36.7 Å². The van der Waals surface area contributed by atoms with Gasteiger partial charge in [-0.2, -0.15) is 0 Å². The van der Waals surface area contributed by atoms with E-state index < -0.39 is 24.2 Å². The van der Waals surface area contributed by atoms with Gasteiger partial charge in [0.2, 0.25) is 0 Å². The molecule has 0 radical (unpaired) electrons. The number of para-hydroxylation sites is 4. The molecular weight excluding hydrogens is 694 g/mol. The third-order valence-electron chi connectivity index (χ3n) is 6.46. The molecule has 53 heavy (non-hydrogen) atoms. The van der Waals surface area contributed by atoms with Gasteiger partial charge in [-0.3, -0.25) is 20.0 Å². The SMILES string of the molecule is C\C=C/C(=C/C=Nc1ccccc1OC(F)(F)F)C(/C=C\C)=C/C=NCCCN=C/C=C(\C=C/C)C(/C=C\C)=C/C=Nc1ccccc1OC(F)(F)F. The van der Waals surface area contributed by atoms with Crippen LogP contribution in [0.25, 0.3) is 0 Å². The van der Waals surface area contributed by atoms with Crippen molar-refractivity contribution in [2.24, 2.45) is 20.0 Å². The third kappa shape index (κ3) is 18.3. The minimum atomic E-state index is -4.83. The number of alkyl halides is 6. The zero-order valence-electron chi connectivity index (χ0n) is 29.9. The quantitative estimate of drug-likeness (QED) is 0.0662. The number of hydrogen-bond donors (Lipinski definition) is 0. The lowest BCUT2D eigenvalue weighted by Crippen LogP contribution is -2.17. The van der Waals surface area contributed by atoms with E-state index in [-0.39, 0.29) is 11.4 Å². The maximum Gasteiger partial charge on any atom is 0.573 e. The molecule has 0 spiro atoms. The molecule has 0 bridgehead atoms. The summed E-state index contributed by atoms with van der Waals surface area (Å²) in [5.41, 5.74) is 3.24. The Kier molecular flexibility index (Phi) is 19.4. The van der Waals surface area contributed by atoms with Crippen LogP contribution in [0.5, 0.6) is 11.5 Å². The zero-order valence-corrected chi connectivity index (χ0v) is 29.9. The first-order valence-corrected chi connectivity index (χ1v) is 16.5. The monoisotopic (exact) mass is 736 g/mol. The minimum Gasteiger partial charge on any atom is -0.403 e. The van der Waals surface area contributed by atoms with Crippen LogP contribution in [-0.4, -0.2) is 50.7 Å². The summed E-state index contributed by atoms with van der Waals surface area (Å²) in [4.78, 5) is 17.2. The fraction of sp³-hybridized carbons (Fsp3) is 0.220. The average Bonchev–Trinajstić information content (AvgIpc) is 3.09. The second-order valence-electron chi connectivity index (χ2n) is 10.5. The highest BCUT2D eigenvalue weighted by atomic mass is 19.4. The summed E-state index contributed by atoms with van der Waals surface area (Å²) in [7, 11) is 0. The summed E-state index contributed by atoms with van der Waals surface area (Å²) in [6.07, 6.45) is 19.1. The first-order chi connectivity index (χ1) is 25.4. The molecule has 2 aromatic carbocycles. The van der Waals surface area contributed by atoms with E-state index in [1.165, 1.54) is 48.8 Å². The van der Waals surface area contributed by atoms with Crippen molar-refractivity contribution >= 4 is 36.2 Å². The van der Waals surface area contributed by atoms with Crippen LogP contribution < -0.4 is 9.47 Å². The van der Waals surface area contributed by atoms with Crippen LogP contribution in [0, 0.1) is 0 Å². The fourth-order valence-electron chi connectivity index (χ4n) is 4.32. The highest BCUT2D eigenvalue weighted by Crippen LogP contribution is 2.33. The number of benzene rings is 2. The van der Waals surface area contributed by atoms with Gasteiger partial charge in [-0.15, -0.1) is 26.3 Å². The molecule has 2 rings (SSSR count). The number of hydrogen-bond acceptors (Lipinski definition) is 6. The normalized spacial score (nSPS) is 14.7. The smallest absolute Gasteiger partial charge is 0.403 e. The van der Waals surface area contributed by atoms with Crippen molar-refractivity contribution in [3.8, 4) is 11.5 Å². The Hall–Kier alpha value is -5.78. The van der Waals surface area contributed by atoms with Crippen molar-refractivity contribution in [2.45, 2.75) is 46.8 Å². The lowest BCUT2D eigenvalue weighted by atomic mass is 10.0. The molecule has 2 aromatic rings. The van der Waals surface area contributed by atoms with Gasteiger partial charge >= 0.3 is 12.7 Å². The van der Waals surface area contributed by atoms with E-state index >= 15 is 0 Å². The van der Waals surface area contributed by atoms with Crippen molar-refractivity contribution in [1.29, 1.82) is 0 Å². The minimum absolute atomic E-state index is 0.0400. The van der Waals surface area contributed by atoms with E-state index in [2.05, 4.69) is 29.4 Å². The maximum absolute atomic E-state index is 12.8. The standard InChI is InChI=1S/C41H42F6N4O2/c1-5-14-32(34(16-7-3)24-30-50-36-18-9-11-20-38(36)52-40(42,43)44)22-28-48-26-13-27-49-29-23-33(15-6-2)35(17-8-4)25-31-51-37-19-10-12-21-39(37)53-41(45,46)47/h5-12,14-25,28-31H,13,26-27H2,1-4H3/b14-5-,15-6-,16-7-,17-8-,32-22+,33-23+,34-24-,35-25+,48-28?,49-29?,50-30?,51-31?. The predicted octanol–water partition coefficient (Wildman–Crippen LogP) is 12.1. The molecule has 0 aliphatic heterocycles. The molecular formula is C41H42F6N4O2. The Morgan fingerprint density at radius 1 is 0.509 bits per heavy atom. The van der Waals surface area contributed by atoms with Gasteiger partial charge in [-0.25, -0.2) is 0 Å². The molecule has 0 atom stereocenters. The van der Waals surface area contributed by atoms with Gasteiger partial charge in [0.25, 0.3) is 0 Å². The van der Waals surface area contributed by atoms with Crippen LogP contribution >= 0.6 is 0 Å². The van der Waals surface area contributed by atoms with Crippen LogP contribution in [0.2, 0.25) is 0 Å². The van der Waals surface area contributed by atoms with Gasteiger partial charge in [0.15, 0.2) is 11.5 Å². The molecule has 12 heteroatoms. The zero-order chi connectivity index (χ0) is 39.0. The molecule has 0 fully saturated rings. The van der Waals surface area contributed by atoms with Crippen LogP contribution in [0.4, 0.5) is 37.7 Å². The lowest BCUT2D eigenvalue weighted by Gasteiger charge is -2.10. The molecule has 0 aromatic heterocycles. The van der Waals surface area contributed by atoms with Crippen LogP contribution in [0.15, 0.2) is 164 Å². The predicted molar refractivity (Wildman–Crippen MR) is 205 cm³/mol. The number of ether oxygens (including phenoxy) is 2. The Labute approximate surface area is 306 Å². The van der Waals surface area contributed by atoms with E-state index in [1.807, 2.05) is 88.5 Å². The Morgan fingerprint density at radius 3 is 1.15 bits per heavy atom. The molecule has 0 heterocycles. The number of nitrogens with zero attached hydrogens (tertiary/aromatic N) is 4. The van der Waals surface area contributed by atoms with Gasteiger partial charge in [0.1, 0.15) is 11.4 Å². The number of rotatable bonds is 18. The summed E-state index contributed by atoms with van der Waals surface area (Å²) in [6, 6.07) is 11.3. The Bertz CT molecular complexity index is 1690. The lowest BCUT2D eigenvalue weighted by molar-refractivity contribution is -0.275. The van der Waals surface area contributed by atoms with Crippen molar-refractivity contribution in [3.05, 3.63) is 144 Å². The fourth-order valence-corrected chi connectivity index (χ4v) is 4.32. The summed E-state index contributed by atoms with van der Waals surface area (Å²) >= 11 is 0. The largest absolute Gasteiger partial charge is 0.573 e. The van der Waals surface area contributed by atoms with Gasteiger partial charge in [-0.1, -0.05) is 72.9 Å². The molecule has 0 aliphatic rings. The molecule has 280 valence electrons. The maximum atomic E-state index is 12.8. The highest BCUT2D eigenvalue weighted by molar-refractivity contribution is 5.83. The molecule has 0 aliphatic carbocycles. The van der Waals surface area contributed by atoms with Crippen molar-refractivity contribution in [2.75, 3.05) is 13.1 Å². The van der Waals surface area contributed by atoms with E-state index in [4.69, 9.17) is 0 Å². The van der Waals surface area contributed by atoms with E-state index in [0.717, 1.165) is 22.3 Å². The summed E-state index contributed by atoms with van der Waals surface area (Å²) in [6.45, 7) is 8.47. The molecule has 0 saturated carbocycles. The van der Waals surface area contributed by atoms with Crippen molar-refractivity contribution in [1.82, 2.24) is 0 Å². The molecule has 0 amide bonds. The van der Waals surface area contributed by atoms with Crippen LogP contribution in [-0.2, 0) is 0 Å². The first-order valence-electron chi connectivity index (χ1n) is 16.5. The highest BCUT2D eigenvalue weighted by Gasteiger charge is 2.32. The number of halogens is 6. The van der Waals surface area contributed by atoms with Crippen molar-refractivity contribution in [3.63, 3.8) is 0 Å². The molecule has 6 nitrogen and oxygen atoms in total. The third-order valence-corrected chi connectivity index (χ3v) is 6.46. The van der Waals surface area contributed by atoms with Gasteiger partial charge in [0.05, 0.1) is 0 Å². The summed E-state index contributed by atoms with van der Waals surface area (Å²) in [5, 5.41) is 0. The first kappa shape index (κ1) is 43.4. The van der Waals surface area contributed by atoms with E-state index in [0.29, 0.717) is 19.5 Å². The average molecular weight is 737 g/mol. The second-order valence-corrected chi connectivity index (χ2v) is 10.5. The molecule has 0 unspecified atom stereocenters. The summed E-state index contributed by atoms with van der Waals surface area (Å²) < 4.78 is 84.8. The number of allylic oxidation sites excluding steroid dienone is 16. The van der Waals surface area contributed by atoms with Crippen molar-refractivity contribution < 1.29 is 35.8 Å². The Balaban J connectivity index is 2.09. The molecule has 0 saturated heterocycles. The second kappa shape index (κ2) is 23.6. The van der Waals surface area contributed by atoms with Gasteiger partial charge < -0.3 is 9.47 Å². The van der Waals surface area contributed by atoms with Gasteiger partial charge in [0, 0.05) is 37.9 Å². The topological polar surface area (TPSA) is 67.9 Å². The van der Waals surface area contributed by atoms with Gasteiger partial charge in [-0.05, 0) is 105 Å². The van der Waals surface area contributed by atoms with E-state index in [9.17, 15) is 26.3 Å². The Morgan fingerprint density at radius 2 is 0.830 bits per heavy atom. The van der Waals surface area contributed by atoms with Crippen LogP contribution in [0.1, 0.15) is 34.1 Å². The van der Waals surface area contributed by atoms with Crippen LogP contribution in [0.3, 0.4) is 0 Å². The molecule has 0 N–H and O–H groups in total.